The van der Waals surface area contributed by atoms with Gasteiger partial charge in [0.1, 0.15) is 4.64 Å². The van der Waals surface area contributed by atoms with Crippen molar-refractivity contribution in [3.63, 3.8) is 0 Å². The summed E-state index contributed by atoms with van der Waals surface area (Å²) in [7, 11) is 0. The van der Waals surface area contributed by atoms with E-state index in [4.69, 9.17) is 11.6 Å². The van der Waals surface area contributed by atoms with E-state index >= 15 is 0 Å². The molecule has 12 heavy (non-hydrogen) atoms. The van der Waals surface area contributed by atoms with E-state index in [0.29, 0.717) is 0 Å². The van der Waals surface area contributed by atoms with Crippen molar-refractivity contribution in [3.8, 4) is 0 Å². The van der Waals surface area contributed by atoms with Gasteiger partial charge in [-0.2, -0.15) is 13.2 Å². The van der Waals surface area contributed by atoms with E-state index in [1.54, 1.807) is 0 Å². The molecule has 0 aliphatic rings. The molecule has 0 bridgehead atoms. The maximum Gasteiger partial charge on any atom is 0.419 e. The smallest absolute Gasteiger partial charge is 0.352 e. The molecule has 0 aromatic carbocycles. The average Bonchev–Trinajstić information content (AvgIpc) is 1.83. The van der Waals surface area contributed by atoms with Gasteiger partial charge in [-0.3, -0.25) is 0 Å². The molecular weight excluding hydrogens is 211 g/mol. The third-order valence-corrected chi connectivity index (χ3v) is 1.73. The first-order valence-corrected chi connectivity index (χ1v) is 3.65. The van der Waals surface area contributed by atoms with Crippen LogP contribution in [0.25, 0.3) is 0 Å². The highest BCUT2D eigenvalue weighted by molar-refractivity contribution is 7.71. The maximum atomic E-state index is 12.0. The lowest BCUT2D eigenvalue weighted by molar-refractivity contribution is -0.137. The van der Waals surface area contributed by atoms with Crippen LogP contribution in [-0.2, 0) is 6.18 Å². The second kappa shape index (κ2) is 3.06. The lowest BCUT2D eigenvalue weighted by atomic mass is 10.3. The molecule has 0 atom stereocenters. The van der Waals surface area contributed by atoms with Crippen molar-refractivity contribution in [3.05, 3.63) is 27.5 Å². The lowest BCUT2D eigenvalue weighted by Gasteiger charge is -2.07. The zero-order valence-electron chi connectivity index (χ0n) is 5.57. The molecule has 1 rings (SSSR count). The molecule has 0 radical (unpaired) electrons. The third kappa shape index (κ3) is 1.98. The van der Waals surface area contributed by atoms with Gasteiger partial charge in [0.2, 0.25) is 0 Å². The molecule has 0 amide bonds. The number of nitrogens with one attached hydrogen (secondary N) is 1. The van der Waals surface area contributed by atoms with Crippen LogP contribution in [0, 0.1) is 4.64 Å². The van der Waals surface area contributed by atoms with Gasteiger partial charge in [-0.1, -0.05) is 23.8 Å². The van der Waals surface area contributed by atoms with Gasteiger partial charge in [0.05, 0.1) is 10.6 Å². The number of aromatic amines is 1. The van der Waals surface area contributed by atoms with Crippen LogP contribution in [0.15, 0.2) is 12.3 Å². The van der Waals surface area contributed by atoms with Gasteiger partial charge >= 0.3 is 6.18 Å². The largest absolute Gasteiger partial charge is 0.419 e. The van der Waals surface area contributed by atoms with Crippen molar-refractivity contribution in [2.45, 2.75) is 6.18 Å². The maximum absolute atomic E-state index is 12.0. The predicted molar refractivity (Wildman–Crippen MR) is 41.6 cm³/mol. The Morgan fingerprint density at radius 2 is 2.00 bits per heavy atom. The van der Waals surface area contributed by atoms with Gasteiger partial charge in [-0.15, -0.1) is 0 Å². The van der Waals surface area contributed by atoms with E-state index in [2.05, 4.69) is 17.2 Å². The summed E-state index contributed by atoms with van der Waals surface area (Å²) in [5, 5.41) is -0.383. The summed E-state index contributed by atoms with van der Waals surface area (Å²) in [5.41, 5.74) is -0.905. The number of hydrogen-bond donors (Lipinski definition) is 1. The summed E-state index contributed by atoms with van der Waals surface area (Å²) >= 11 is 9.88. The Bertz CT molecular complexity index is 343. The fourth-order valence-corrected chi connectivity index (χ4v) is 1.18. The van der Waals surface area contributed by atoms with E-state index in [9.17, 15) is 13.2 Å². The van der Waals surface area contributed by atoms with Crippen molar-refractivity contribution in [1.29, 1.82) is 0 Å². The van der Waals surface area contributed by atoms with Crippen LogP contribution in [0.2, 0.25) is 5.02 Å². The fourth-order valence-electron chi connectivity index (χ4n) is 0.664. The zero-order chi connectivity index (χ0) is 9.35. The molecule has 66 valence electrons. The van der Waals surface area contributed by atoms with E-state index in [0.717, 1.165) is 12.3 Å². The zero-order valence-corrected chi connectivity index (χ0v) is 7.15. The van der Waals surface area contributed by atoms with Crippen molar-refractivity contribution < 1.29 is 13.2 Å². The van der Waals surface area contributed by atoms with Gasteiger partial charge in [0, 0.05) is 6.20 Å². The number of aromatic nitrogens is 1. The molecule has 6 heteroatoms. The average molecular weight is 214 g/mol. The van der Waals surface area contributed by atoms with Crippen molar-refractivity contribution >= 4 is 23.8 Å². The van der Waals surface area contributed by atoms with E-state index < -0.39 is 11.7 Å². The number of pyridine rings is 1. The second-order valence-electron chi connectivity index (χ2n) is 2.06. The molecule has 0 saturated heterocycles. The van der Waals surface area contributed by atoms with Crippen molar-refractivity contribution in [1.82, 2.24) is 4.98 Å². The van der Waals surface area contributed by atoms with Gasteiger partial charge in [-0.25, -0.2) is 0 Å². The number of halogens is 4. The van der Waals surface area contributed by atoms with E-state index in [1.165, 1.54) is 0 Å². The first-order chi connectivity index (χ1) is 5.41. The minimum absolute atomic E-state index is 0.174. The highest BCUT2D eigenvalue weighted by atomic mass is 35.5. The summed E-state index contributed by atoms with van der Waals surface area (Å²) in [5.74, 6) is 0. The Balaban J connectivity index is 3.28. The van der Waals surface area contributed by atoms with Gasteiger partial charge < -0.3 is 4.98 Å². The summed E-state index contributed by atoms with van der Waals surface area (Å²) in [6.45, 7) is 0. The minimum Gasteiger partial charge on any atom is -0.352 e. The van der Waals surface area contributed by atoms with E-state index in [-0.39, 0.29) is 9.66 Å². The minimum atomic E-state index is -4.43. The molecule has 0 aliphatic carbocycles. The van der Waals surface area contributed by atoms with Crippen LogP contribution < -0.4 is 0 Å². The molecular formula is C6H3ClF3NS. The quantitative estimate of drug-likeness (QED) is 0.653. The number of hydrogen-bond acceptors (Lipinski definition) is 1. The van der Waals surface area contributed by atoms with Gasteiger partial charge in [-0.05, 0) is 6.07 Å². The van der Waals surface area contributed by atoms with E-state index in [1.807, 2.05) is 0 Å². The van der Waals surface area contributed by atoms with Crippen molar-refractivity contribution in [2.75, 3.05) is 0 Å². The molecule has 0 unspecified atom stereocenters. The normalized spacial score (nSPS) is 11.7. The summed E-state index contributed by atoms with van der Waals surface area (Å²) < 4.78 is 36.3. The Morgan fingerprint density at radius 3 is 2.42 bits per heavy atom. The third-order valence-electron chi connectivity index (χ3n) is 1.18. The standard InChI is InChI=1S/C6H3ClF3NS/c7-4-1-5(12)11-2-3(4)6(8,9)10/h1-2H,(H,11,12). The van der Waals surface area contributed by atoms with Crippen LogP contribution >= 0.6 is 23.8 Å². The molecule has 1 aromatic heterocycles. The molecule has 0 spiro atoms. The number of rotatable bonds is 0. The molecule has 1 nitrogen and oxygen atoms in total. The van der Waals surface area contributed by atoms with Crippen LogP contribution in [0.4, 0.5) is 13.2 Å². The van der Waals surface area contributed by atoms with Crippen LogP contribution in [-0.4, -0.2) is 4.98 Å². The second-order valence-corrected chi connectivity index (χ2v) is 2.90. The Morgan fingerprint density at radius 1 is 1.42 bits per heavy atom. The molecule has 1 N–H and O–H groups in total. The Labute approximate surface area is 76.2 Å². The molecule has 0 saturated carbocycles. The fraction of sp³-hybridized carbons (Fsp3) is 0.167. The van der Waals surface area contributed by atoms with Gasteiger partial charge in [0.25, 0.3) is 0 Å². The van der Waals surface area contributed by atoms with Gasteiger partial charge in [0.15, 0.2) is 0 Å². The van der Waals surface area contributed by atoms with Crippen LogP contribution in [0.5, 0.6) is 0 Å². The SMILES string of the molecule is FC(F)(F)c1c[nH]c(=S)cc1Cl. The summed E-state index contributed by atoms with van der Waals surface area (Å²) in [6, 6.07) is 1.06. The van der Waals surface area contributed by atoms with Crippen LogP contribution in [0.1, 0.15) is 5.56 Å². The lowest BCUT2D eigenvalue weighted by Crippen LogP contribution is -2.06. The predicted octanol–water partition coefficient (Wildman–Crippen LogP) is 3.42. The molecule has 0 fully saturated rings. The summed E-state index contributed by atoms with van der Waals surface area (Å²) in [4.78, 5) is 2.26. The topological polar surface area (TPSA) is 15.8 Å². The number of H-pyrrole nitrogens is 1. The first-order valence-electron chi connectivity index (χ1n) is 2.86. The van der Waals surface area contributed by atoms with Crippen LogP contribution in [0.3, 0.4) is 0 Å². The molecule has 0 aliphatic heterocycles. The summed E-state index contributed by atoms with van der Waals surface area (Å²) in [6.07, 6.45) is -3.68. The Kier molecular flexibility index (Phi) is 2.44. The number of alkyl halides is 3. The molecule has 1 heterocycles. The Hall–Kier alpha value is -0.550. The highest BCUT2D eigenvalue weighted by Crippen LogP contribution is 2.33. The highest BCUT2D eigenvalue weighted by Gasteiger charge is 2.33. The van der Waals surface area contributed by atoms with Crippen molar-refractivity contribution in [2.24, 2.45) is 0 Å². The monoisotopic (exact) mass is 213 g/mol. The first kappa shape index (κ1) is 9.54. The molecule has 1 aromatic rings.